The zero-order valence-electron chi connectivity index (χ0n) is 12.2. The SMILES string of the molecule is Cc1cc([N+](=O)[O-])cnc1NCCOC1CCC(N)CC1. The van der Waals surface area contributed by atoms with Crippen molar-refractivity contribution in [2.45, 2.75) is 44.8 Å². The summed E-state index contributed by atoms with van der Waals surface area (Å²) in [6, 6.07) is 1.84. The number of rotatable bonds is 6. The van der Waals surface area contributed by atoms with E-state index in [9.17, 15) is 10.1 Å². The lowest BCUT2D eigenvalue weighted by Gasteiger charge is -2.26. The molecule has 0 aromatic carbocycles. The summed E-state index contributed by atoms with van der Waals surface area (Å²) in [7, 11) is 0. The largest absolute Gasteiger partial charge is 0.376 e. The monoisotopic (exact) mass is 294 g/mol. The van der Waals surface area contributed by atoms with E-state index in [1.807, 2.05) is 0 Å². The molecule has 0 atom stereocenters. The second-order valence-electron chi connectivity index (χ2n) is 5.45. The van der Waals surface area contributed by atoms with Gasteiger partial charge in [0.15, 0.2) is 0 Å². The van der Waals surface area contributed by atoms with Crippen LogP contribution >= 0.6 is 0 Å². The molecule has 0 spiro atoms. The van der Waals surface area contributed by atoms with E-state index in [2.05, 4.69) is 10.3 Å². The molecule has 0 aliphatic heterocycles. The fraction of sp³-hybridized carbons (Fsp3) is 0.643. The fourth-order valence-electron chi connectivity index (χ4n) is 2.50. The molecule has 1 aliphatic rings. The number of nitrogens with one attached hydrogen (secondary N) is 1. The van der Waals surface area contributed by atoms with E-state index in [1.165, 1.54) is 12.3 Å². The lowest BCUT2D eigenvalue weighted by Crippen LogP contribution is -2.31. The van der Waals surface area contributed by atoms with Crippen LogP contribution in [0.25, 0.3) is 0 Å². The molecule has 2 rings (SSSR count). The maximum absolute atomic E-state index is 10.6. The van der Waals surface area contributed by atoms with Gasteiger partial charge >= 0.3 is 0 Å². The molecule has 116 valence electrons. The Bertz CT molecular complexity index is 487. The van der Waals surface area contributed by atoms with Gasteiger partial charge in [-0.1, -0.05) is 0 Å². The van der Waals surface area contributed by atoms with Crippen molar-refractivity contribution >= 4 is 11.5 Å². The summed E-state index contributed by atoms with van der Waals surface area (Å²) in [5.74, 6) is 0.662. The normalized spacial score (nSPS) is 22.0. The van der Waals surface area contributed by atoms with Gasteiger partial charge in [0.25, 0.3) is 5.69 Å². The highest BCUT2D eigenvalue weighted by atomic mass is 16.6. The van der Waals surface area contributed by atoms with Crippen LogP contribution in [0.15, 0.2) is 12.3 Å². The molecular formula is C14H22N4O3. The Kier molecular flexibility index (Phi) is 5.46. The third kappa shape index (κ3) is 4.64. The summed E-state index contributed by atoms with van der Waals surface area (Å²) >= 11 is 0. The van der Waals surface area contributed by atoms with Gasteiger partial charge in [-0.15, -0.1) is 0 Å². The third-order valence-corrected chi connectivity index (χ3v) is 3.74. The fourth-order valence-corrected chi connectivity index (χ4v) is 2.50. The third-order valence-electron chi connectivity index (χ3n) is 3.74. The topological polar surface area (TPSA) is 103 Å². The maximum Gasteiger partial charge on any atom is 0.287 e. The van der Waals surface area contributed by atoms with Gasteiger partial charge in [-0.25, -0.2) is 4.98 Å². The highest BCUT2D eigenvalue weighted by Gasteiger charge is 2.18. The number of anilines is 1. The van der Waals surface area contributed by atoms with Crippen LogP contribution in [0, 0.1) is 17.0 Å². The number of ether oxygens (including phenoxy) is 1. The molecule has 1 saturated carbocycles. The summed E-state index contributed by atoms with van der Waals surface area (Å²) in [6.07, 6.45) is 5.67. The van der Waals surface area contributed by atoms with Crippen molar-refractivity contribution in [1.29, 1.82) is 0 Å². The molecule has 0 radical (unpaired) electrons. The number of nitrogens with zero attached hydrogens (tertiary/aromatic N) is 2. The molecule has 1 fully saturated rings. The van der Waals surface area contributed by atoms with Crippen LogP contribution in [0.2, 0.25) is 0 Å². The number of nitro groups is 1. The summed E-state index contributed by atoms with van der Waals surface area (Å²) < 4.78 is 5.80. The van der Waals surface area contributed by atoms with E-state index in [-0.39, 0.29) is 5.69 Å². The number of hydrogen-bond donors (Lipinski definition) is 2. The Morgan fingerprint density at radius 2 is 2.19 bits per heavy atom. The molecule has 0 saturated heterocycles. The summed E-state index contributed by atoms with van der Waals surface area (Å²) in [5.41, 5.74) is 6.62. The van der Waals surface area contributed by atoms with Crippen molar-refractivity contribution in [1.82, 2.24) is 4.98 Å². The first-order valence-electron chi connectivity index (χ1n) is 7.28. The van der Waals surface area contributed by atoms with Crippen molar-refractivity contribution in [2.75, 3.05) is 18.5 Å². The molecule has 7 nitrogen and oxygen atoms in total. The Labute approximate surface area is 124 Å². The minimum absolute atomic E-state index is 0.00726. The molecule has 0 amide bonds. The average Bonchev–Trinajstić information content (AvgIpc) is 2.46. The van der Waals surface area contributed by atoms with Gasteiger partial charge in [0, 0.05) is 18.7 Å². The van der Waals surface area contributed by atoms with Gasteiger partial charge in [0.1, 0.15) is 12.0 Å². The van der Waals surface area contributed by atoms with Gasteiger partial charge in [0.2, 0.25) is 0 Å². The number of nitrogens with two attached hydrogens (primary N) is 1. The molecule has 21 heavy (non-hydrogen) atoms. The lowest BCUT2D eigenvalue weighted by atomic mass is 9.94. The highest BCUT2D eigenvalue weighted by molar-refractivity contribution is 5.48. The second-order valence-corrected chi connectivity index (χ2v) is 5.45. The Hall–Kier alpha value is -1.73. The highest BCUT2D eigenvalue weighted by Crippen LogP contribution is 2.20. The van der Waals surface area contributed by atoms with Gasteiger partial charge in [0.05, 0.1) is 17.6 Å². The van der Waals surface area contributed by atoms with Gasteiger partial charge in [-0.2, -0.15) is 0 Å². The van der Waals surface area contributed by atoms with E-state index in [0.717, 1.165) is 31.2 Å². The van der Waals surface area contributed by atoms with E-state index in [0.29, 0.717) is 31.1 Å². The number of aromatic nitrogens is 1. The first kappa shape index (κ1) is 15.7. The smallest absolute Gasteiger partial charge is 0.287 e. The molecule has 3 N–H and O–H groups in total. The van der Waals surface area contributed by atoms with Gasteiger partial charge in [-0.3, -0.25) is 10.1 Å². The van der Waals surface area contributed by atoms with E-state index in [1.54, 1.807) is 6.92 Å². The van der Waals surface area contributed by atoms with E-state index >= 15 is 0 Å². The molecule has 0 bridgehead atoms. The van der Waals surface area contributed by atoms with Crippen LogP contribution in [0.1, 0.15) is 31.2 Å². The Morgan fingerprint density at radius 3 is 2.81 bits per heavy atom. The van der Waals surface area contributed by atoms with E-state index < -0.39 is 4.92 Å². The number of hydrogen-bond acceptors (Lipinski definition) is 6. The van der Waals surface area contributed by atoms with Crippen LogP contribution in [-0.2, 0) is 4.74 Å². The first-order valence-corrected chi connectivity index (χ1v) is 7.28. The zero-order chi connectivity index (χ0) is 15.2. The number of pyridine rings is 1. The first-order chi connectivity index (χ1) is 10.1. The maximum atomic E-state index is 10.6. The quantitative estimate of drug-likeness (QED) is 0.472. The van der Waals surface area contributed by atoms with Gasteiger partial charge < -0.3 is 15.8 Å². The number of aryl methyl sites for hydroxylation is 1. The lowest BCUT2D eigenvalue weighted by molar-refractivity contribution is -0.385. The minimum atomic E-state index is -0.444. The van der Waals surface area contributed by atoms with Crippen molar-refractivity contribution in [3.63, 3.8) is 0 Å². The van der Waals surface area contributed by atoms with Crippen molar-refractivity contribution in [3.8, 4) is 0 Å². The molecule has 7 heteroatoms. The summed E-state index contributed by atoms with van der Waals surface area (Å²) in [4.78, 5) is 14.3. The van der Waals surface area contributed by atoms with Gasteiger partial charge in [-0.05, 0) is 38.2 Å². The van der Waals surface area contributed by atoms with Crippen LogP contribution in [0.4, 0.5) is 11.5 Å². The average molecular weight is 294 g/mol. The predicted molar refractivity (Wildman–Crippen MR) is 80.3 cm³/mol. The minimum Gasteiger partial charge on any atom is -0.376 e. The molecule has 0 unspecified atom stereocenters. The van der Waals surface area contributed by atoms with Crippen LogP contribution in [0.3, 0.4) is 0 Å². The van der Waals surface area contributed by atoms with Crippen LogP contribution < -0.4 is 11.1 Å². The molecule has 1 aromatic heterocycles. The standard InChI is InChI=1S/C14H22N4O3/c1-10-8-12(18(19)20)9-17-14(10)16-6-7-21-13-4-2-11(15)3-5-13/h8-9,11,13H,2-7,15H2,1H3,(H,16,17). The van der Waals surface area contributed by atoms with Crippen LogP contribution in [-0.4, -0.2) is 35.2 Å². The summed E-state index contributed by atoms with van der Waals surface area (Å²) in [5, 5.41) is 13.8. The molecule has 1 aliphatic carbocycles. The van der Waals surface area contributed by atoms with E-state index in [4.69, 9.17) is 10.5 Å². The zero-order valence-corrected chi connectivity index (χ0v) is 12.2. The molecule has 1 aromatic rings. The summed E-state index contributed by atoms with van der Waals surface area (Å²) in [6.45, 7) is 3.03. The van der Waals surface area contributed by atoms with Crippen molar-refractivity contribution in [2.24, 2.45) is 5.73 Å². The predicted octanol–water partition coefficient (Wildman–Crippen LogP) is 2.00. The Balaban J connectivity index is 1.72. The molecule has 1 heterocycles. The Morgan fingerprint density at radius 1 is 1.48 bits per heavy atom. The second kappa shape index (κ2) is 7.33. The van der Waals surface area contributed by atoms with Crippen molar-refractivity contribution < 1.29 is 9.66 Å². The molecular weight excluding hydrogens is 272 g/mol. The van der Waals surface area contributed by atoms with Crippen molar-refractivity contribution in [3.05, 3.63) is 27.9 Å². The van der Waals surface area contributed by atoms with Crippen LogP contribution in [0.5, 0.6) is 0 Å².